The molecule has 1 aliphatic rings. The average molecular weight is 505 g/mol. The van der Waals surface area contributed by atoms with Gasteiger partial charge in [0.2, 0.25) is 5.78 Å². The number of nitrogens with zero attached hydrogens (tertiary/aromatic N) is 1. The molecule has 0 radical (unpaired) electrons. The highest BCUT2D eigenvalue weighted by atomic mass is 35.5. The fraction of sp³-hybridized carbons (Fsp3) is 0.385. The first-order chi connectivity index (χ1) is 16.3. The molecule has 1 fully saturated rings. The number of carbonyl (C=O) groups excluding carboxylic acids is 2. The molecule has 0 saturated carbocycles. The third-order valence-corrected chi connectivity index (χ3v) is 6.69. The lowest BCUT2D eigenvalue weighted by atomic mass is 9.95. The Morgan fingerprint density at radius 2 is 1.74 bits per heavy atom. The average Bonchev–Trinajstić information content (AvgIpc) is 3.08. The Balaban J connectivity index is 2.03. The minimum atomic E-state index is -0.776. The fourth-order valence-electron chi connectivity index (χ4n) is 4.27. The summed E-state index contributed by atoms with van der Waals surface area (Å²) in [6.45, 7) is 9.72. The summed E-state index contributed by atoms with van der Waals surface area (Å²) in [7, 11) is 0. The predicted molar refractivity (Wildman–Crippen MR) is 132 cm³/mol. The highest BCUT2D eigenvalue weighted by molar-refractivity contribution is 6.46. The molecular weight excluding hydrogens is 475 g/mol. The monoisotopic (exact) mass is 504 g/mol. The molecule has 3 rings (SSSR count). The molecule has 0 bridgehead atoms. The van der Waals surface area contributed by atoms with Crippen molar-refractivity contribution in [3.05, 3.63) is 69.2 Å². The van der Waals surface area contributed by atoms with Crippen LogP contribution in [-0.2, 0) is 9.59 Å². The van der Waals surface area contributed by atoms with Crippen molar-refractivity contribution in [3.8, 4) is 5.75 Å². The second-order valence-corrected chi connectivity index (χ2v) is 9.01. The molecule has 6 nitrogen and oxygen atoms in total. The third kappa shape index (κ3) is 5.57. The van der Waals surface area contributed by atoms with Crippen LogP contribution in [0.1, 0.15) is 44.4 Å². The van der Waals surface area contributed by atoms with E-state index in [0.717, 1.165) is 26.1 Å². The van der Waals surface area contributed by atoms with Crippen molar-refractivity contribution >= 4 is 40.7 Å². The van der Waals surface area contributed by atoms with Gasteiger partial charge in [-0.2, -0.15) is 0 Å². The van der Waals surface area contributed by atoms with E-state index in [1.165, 1.54) is 15.9 Å². The Labute approximate surface area is 210 Å². The van der Waals surface area contributed by atoms with Gasteiger partial charge < -0.3 is 19.6 Å². The van der Waals surface area contributed by atoms with Gasteiger partial charge in [-0.25, -0.2) is 0 Å². The van der Waals surface area contributed by atoms with Crippen molar-refractivity contribution in [3.63, 3.8) is 0 Å². The van der Waals surface area contributed by atoms with Crippen LogP contribution in [-0.4, -0.2) is 49.4 Å². The van der Waals surface area contributed by atoms with Gasteiger partial charge in [-0.15, -0.1) is 0 Å². The number of nitrogens with one attached hydrogen (secondary N) is 1. The minimum absolute atomic E-state index is 0.0669. The van der Waals surface area contributed by atoms with Gasteiger partial charge in [0.05, 0.1) is 37.3 Å². The van der Waals surface area contributed by atoms with Crippen LogP contribution >= 0.6 is 23.2 Å². The largest absolute Gasteiger partial charge is 0.872 e. The van der Waals surface area contributed by atoms with Gasteiger partial charge in [0.15, 0.2) is 0 Å². The van der Waals surface area contributed by atoms with Crippen molar-refractivity contribution in [2.24, 2.45) is 0 Å². The summed E-state index contributed by atoms with van der Waals surface area (Å²) < 4.78 is 5.44. The molecule has 0 aliphatic carbocycles. The van der Waals surface area contributed by atoms with Crippen molar-refractivity contribution < 1.29 is 24.3 Å². The van der Waals surface area contributed by atoms with Gasteiger partial charge in [0.1, 0.15) is 5.75 Å². The van der Waals surface area contributed by atoms with Crippen LogP contribution in [0, 0.1) is 0 Å². The number of amides is 1. The van der Waals surface area contributed by atoms with Gasteiger partial charge in [-0.3, -0.25) is 9.59 Å². The molecule has 8 heteroatoms. The second kappa shape index (κ2) is 11.7. The molecule has 2 aromatic carbocycles. The molecule has 1 saturated heterocycles. The number of halogens is 2. The lowest BCUT2D eigenvalue weighted by Gasteiger charge is -2.28. The van der Waals surface area contributed by atoms with E-state index < -0.39 is 23.5 Å². The zero-order valence-electron chi connectivity index (χ0n) is 19.7. The van der Waals surface area contributed by atoms with E-state index in [2.05, 4.69) is 13.8 Å². The van der Waals surface area contributed by atoms with E-state index in [1.807, 2.05) is 6.92 Å². The van der Waals surface area contributed by atoms with Gasteiger partial charge in [-0.1, -0.05) is 47.2 Å². The normalized spacial score (nSPS) is 17.6. The Hall–Kier alpha value is -2.54. The number of rotatable bonds is 10. The zero-order chi connectivity index (χ0) is 24.8. The summed E-state index contributed by atoms with van der Waals surface area (Å²) in [5.74, 6) is -1.49. The van der Waals surface area contributed by atoms with Gasteiger partial charge in [-0.05, 0) is 56.2 Å². The van der Waals surface area contributed by atoms with E-state index in [4.69, 9.17) is 27.9 Å². The number of benzene rings is 2. The predicted octanol–water partition coefficient (Wildman–Crippen LogP) is 2.93. The molecule has 182 valence electrons. The molecule has 0 aromatic heterocycles. The molecule has 1 unspecified atom stereocenters. The SMILES string of the molecule is CCOc1ccc(/C([O-])=C2\C(=O)C(=O)N(CCC[NH+](CC)CC)C2c2ccc(Cl)cc2)cc1Cl. The summed E-state index contributed by atoms with van der Waals surface area (Å²) in [5, 5.41) is 14.3. The maximum atomic E-state index is 13.5. The van der Waals surface area contributed by atoms with E-state index in [1.54, 1.807) is 36.4 Å². The molecule has 1 atom stereocenters. The Kier molecular flexibility index (Phi) is 9.00. The molecule has 1 heterocycles. The fourth-order valence-corrected chi connectivity index (χ4v) is 4.63. The van der Waals surface area contributed by atoms with Crippen LogP contribution in [0.3, 0.4) is 0 Å². The molecule has 1 aliphatic heterocycles. The van der Waals surface area contributed by atoms with E-state index in [-0.39, 0.29) is 16.2 Å². The maximum absolute atomic E-state index is 13.5. The van der Waals surface area contributed by atoms with Crippen LogP contribution in [0.15, 0.2) is 48.0 Å². The number of likely N-dealkylation sites (tertiary alicyclic amines) is 1. The van der Waals surface area contributed by atoms with Gasteiger partial charge in [0.25, 0.3) is 5.91 Å². The summed E-state index contributed by atoms with van der Waals surface area (Å²) in [5.41, 5.74) is 0.833. The number of Topliss-reactive ketones (excluding diaryl/α,β-unsaturated/α-hetero) is 1. The summed E-state index contributed by atoms with van der Waals surface area (Å²) >= 11 is 12.3. The summed E-state index contributed by atoms with van der Waals surface area (Å²) in [6.07, 6.45) is 0.719. The van der Waals surface area contributed by atoms with Gasteiger partial charge >= 0.3 is 0 Å². The Bertz CT molecular complexity index is 1060. The number of carbonyl (C=O) groups is 2. The maximum Gasteiger partial charge on any atom is 0.295 e. The standard InChI is InChI=1S/C26H30Cl2N2O4/c1-4-29(5-2)14-7-15-30-23(17-8-11-19(27)12-9-17)22(25(32)26(30)33)24(31)18-10-13-21(34-6-3)20(28)16-18/h8-13,16,23,31H,4-7,14-15H2,1-3H3/b24-22+. The highest BCUT2D eigenvalue weighted by Crippen LogP contribution is 2.39. The van der Waals surface area contributed by atoms with E-state index >= 15 is 0 Å². The van der Waals surface area contributed by atoms with Gasteiger partial charge in [0, 0.05) is 23.6 Å². The van der Waals surface area contributed by atoms with Crippen LogP contribution in [0.5, 0.6) is 5.75 Å². The Morgan fingerprint density at radius 1 is 1.06 bits per heavy atom. The van der Waals surface area contributed by atoms with E-state index in [9.17, 15) is 14.7 Å². The van der Waals surface area contributed by atoms with E-state index in [0.29, 0.717) is 29.5 Å². The first kappa shape index (κ1) is 26.1. The molecule has 1 N–H and O–H groups in total. The molecule has 1 amide bonds. The van der Waals surface area contributed by atoms with Crippen molar-refractivity contribution in [2.45, 2.75) is 33.2 Å². The second-order valence-electron chi connectivity index (χ2n) is 8.16. The summed E-state index contributed by atoms with van der Waals surface area (Å²) in [6, 6.07) is 10.8. The number of ketones is 1. The quantitative estimate of drug-likeness (QED) is 0.306. The third-order valence-electron chi connectivity index (χ3n) is 6.14. The van der Waals surface area contributed by atoms with Crippen LogP contribution in [0.25, 0.3) is 5.76 Å². The minimum Gasteiger partial charge on any atom is -0.872 e. The molecular formula is C26H30Cl2N2O4. The highest BCUT2D eigenvalue weighted by Gasteiger charge is 2.44. The number of ether oxygens (including phenoxy) is 1. The molecule has 34 heavy (non-hydrogen) atoms. The number of quaternary nitrogens is 1. The van der Waals surface area contributed by atoms with Crippen molar-refractivity contribution in [1.82, 2.24) is 4.90 Å². The van der Waals surface area contributed by atoms with Crippen molar-refractivity contribution in [2.75, 3.05) is 32.8 Å². The first-order valence-electron chi connectivity index (χ1n) is 11.6. The zero-order valence-corrected chi connectivity index (χ0v) is 21.2. The number of hydrogen-bond donors (Lipinski definition) is 1. The topological polar surface area (TPSA) is 74.1 Å². The van der Waals surface area contributed by atoms with Crippen LogP contribution < -0.4 is 14.7 Å². The van der Waals surface area contributed by atoms with Crippen molar-refractivity contribution in [1.29, 1.82) is 0 Å². The molecule has 2 aromatic rings. The molecule has 0 spiro atoms. The lowest BCUT2D eigenvalue weighted by molar-refractivity contribution is -0.896. The lowest BCUT2D eigenvalue weighted by Crippen LogP contribution is -3.11. The van der Waals surface area contributed by atoms with Crippen LogP contribution in [0.4, 0.5) is 0 Å². The summed E-state index contributed by atoms with van der Waals surface area (Å²) in [4.78, 5) is 29.1. The van der Waals surface area contributed by atoms with Crippen LogP contribution in [0.2, 0.25) is 10.0 Å². The number of hydrogen-bond acceptors (Lipinski definition) is 4. The first-order valence-corrected chi connectivity index (χ1v) is 12.4. The Morgan fingerprint density at radius 3 is 2.32 bits per heavy atom. The smallest absolute Gasteiger partial charge is 0.295 e.